The standard InChI is InChI=1S/C23H25F2N5O.C7H12FN/c1-23(2,25)17-7-5-4-6-15(17)19-18(24)20-16(10-26-19)21(29-22(28-20)31-3)30-11-13-8-9-14(12-30)27-13;8-6-4-7-2-1-3-9(7)5-6/h4-7,10,13-14,27H,8-9,11-12H2,1-3H3;6-7H,1-5H2. The molecule has 0 saturated carbocycles. The van der Waals surface area contributed by atoms with Gasteiger partial charge in [-0.15, -0.1) is 0 Å². The molecule has 4 fully saturated rings. The van der Waals surface area contributed by atoms with Crippen LogP contribution in [0.1, 0.15) is 51.5 Å². The molecule has 7 rings (SSSR count). The average molecular weight is 555 g/mol. The second kappa shape index (κ2) is 10.8. The molecule has 6 heterocycles. The largest absolute Gasteiger partial charge is 0.467 e. The number of fused-ring (bicyclic) bond motifs is 4. The summed E-state index contributed by atoms with van der Waals surface area (Å²) in [5, 5.41) is 4.12. The van der Waals surface area contributed by atoms with Crippen LogP contribution in [0.4, 0.5) is 19.0 Å². The third-order valence-electron chi connectivity index (χ3n) is 8.62. The Morgan fingerprint density at radius 3 is 2.50 bits per heavy atom. The smallest absolute Gasteiger partial charge is 0.318 e. The van der Waals surface area contributed by atoms with Crippen LogP contribution in [-0.2, 0) is 5.67 Å². The number of ether oxygens (including phenoxy) is 1. The molecule has 3 aromatic rings. The third kappa shape index (κ3) is 5.23. The van der Waals surface area contributed by atoms with Crippen LogP contribution in [0.15, 0.2) is 30.5 Å². The van der Waals surface area contributed by atoms with Crippen LogP contribution in [0.2, 0.25) is 0 Å². The van der Waals surface area contributed by atoms with E-state index >= 15 is 4.39 Å². The molecule has 7 nitrogen and oxygen atoms in total. The number of aromatic nitrogens is 3. The minimum Gasteiger partial charge on any atom is -0.467 e. The van der Waals surface area contributed by atoms with E-state index in [1.165, 1.54) is 33.8 Å². The summed E-state index contributed by atoms with van der Waals surface area (Å²) in [5.41, 5.74) is -0.659. The maximum Gasteiger partial charge on any atom is 0.318 e. The number of methoxy groups -OCH3 is 1. The SMILES string of the molecule is COc1nc(N2CC3CCC(C2)N3)c2cnc(-c3ccccc3C(C)(C)F)c(F)c2n1.FC1CC2CCCN2C1. The molecule has 214 valence electrons. The van der Waals surface area contributed by atoms with Gasteiger partial charge < -0.3 is 15.0 Å². The predicted octanol–water partition coefficient (Wildman–Crippen LogP) is 5.18. The zero-order valence-electron chi connectivity index (χ0n) is 23.3. The molecular formula is C30H37F3N6O. The maximum absolute atomic E-state index is 15.8. The van der Waals surface area contributed by atoms with Crippen LogP contribution in [0.3, 0.4) is 0 Å². The van der Waals surface area contributed by atoms with E-state index in [-0.39, 0.29) is 17.2 Å². The monoisotopic (exact) mass is 554 g/mol. The molecular weight excluding hydrogens is 517 g/mol. The molecule has 4 aliphatic heterocycles. The van der Waals surface area contributed by atoms with Crippen molar-refractivity contribution in [1.29, 1.82) is 0 Å². The number of piperazine rings is 1. The Balaban J connectivity index is 0.000000271. The van der Waals surface area contributed by atoms with Gasteiger partial charge in [0, 0.05) is 49.5 Å². The summed E-state index contributed by atoms with van der Waals surface area (Å²) in [4.78, 5) is 17.7. The fraction of sp³-hybridized carbons (Fsp3) is 0.567. The van der Waals surface area contributed by atoms with Crippen molar-refractivity contribution in [2.24, 2.45) is 0 Å². The van der Waals surface area contributed by atoms with Crippen LogP contribution in [0.5, 0.6) is 6.01 Å². The molecule has 1 aromatic carbocycles. The first-order valence-corrected chi connectivity index (χ1v) is 14.3. The first-order valence-electron chi connectivity index (χ1n) is 14.3. The fourth-order valence-corrected chi connectivity index (χ4v) is 6.75. The number of pyridine rings is 1. The quantitative estimate of drug-likeness (QED) is 0.477. The zero-order chi connectivity index (χ0) is 28.0. The highest BCUT2D eigenvalue weighted by Crippen LogP contribution is 2.38. The number of benzene rings is 1. The minimum absolute atomic E-state index is 0.0703. The van der Waals surface area contributed by atoms with Crippen molar-refractivity contribution in [2.45, 2.75) is 75.9 Å². The van der Waals surface area contributed by atoms with Crippen molar-refractivity contribution in [3.8, 4) is 17.3 Å². The molecule has 1 N–H and O–H groups in total. The predicted molar refractivity (Wildman–Crippen MR) is 150 cm³/mol. The van der Waals surface area contributed by atoms with E-state index in [1.54, 1.807) is 30.5 Å². The van der Waals surface area contributed by atoms with Gasteiger partial charge in [-0.3, -0.25) is 9.88 Å². The summed E-state index contributed by atoms with van der Waals surface area (Å²) in [6.07, 6.45) is 6.64. The second-order valence-electron chi connectivity index (χ2n) is 11.9. The highest BCUT2D eigenvalue weighted by Gasteiger charge is 2.35. The summed E-state index contributed by atoms with van der Waals surface area (Å²) in [6, 6.07) is 8.32. The van der Waals surface area contributed by atoms with Crippen molar-refractivity contribution in [1.82, 2.24) is 25.2 Å². The lowest BCUT2D eigenvalue weighted by Crippen LogP contribution is -2.51. The number of alkyl halides is 2. The van der Waals surface area contributed by atoms with Gasteiger partial charge in [-0.25, -0.2) is 13.2 Å². The number of nitrogens with one attached hydrogen (secondary N) is 1. The summed E-state index contributed by atoms with van der Waals surface area (Å²) in [7, 11) is 1.47. The van der Waals surface area contributed by atoms with Gasteiger partial charge in [0.1, 0.15) is 28.9 Å². The summed E-state index contributed by atoms with van der Waals surface area (Å²) >= 11 is 0. The van der Waals surface area contributed by atoms with E-state index < -0.39 is 17.7 Å². The average Bonchev–Trinajstić information content (AvgIpc) is 3.62. The Hall–Kier alpha value is -2.98. The van der Waals surface area contributed by atoms with Crippen LogP contribution < -0.4 is 15.0 Å². The number of rotatable bonds is 4. The van der Waals surface area contributed by atoms with Crippen molar-refractivity contribution in [3.63, 3.8) is 0 Å². The second-order valence-corrected chi connectivity index (χ2v) is 11.9. The lowest BCUT2D eigenvalue weighted by Gasteiger charge is -2.34. The highest BCUT2D eigenvalue weighted by molar-refractivity contribution is 5.92. The Labute approximate surface area is 233 Å². The van der Waals surface area contributed by atoms with E-state index in [4.69, 9.17) is 4.74 Å². The van der Waals surface area contributed by atoms with Crippen LogP contribution in [-0.4, -0.2) is 77.4 Å². The third-order valence-corrected chi connectivity index (χ3v) is 8.62. The zero-order valence-corrected chi connectivity index (χ0v) is 23.3. The number of nitrogens with zero attached hydrogens (tertiary/aromatic N) is 5. The summed E-state index contributed by atoms with van der Waals surface area (Å²) in [6.45, 7) is 6.33. The Morgan fingerprint density at radius 2 is 1.80 bits per heavy atom. The summed E-state index contributed by atoms with van der Waals surface area (Å²) < 4.78 is 48.5. The summed E-state index contributed by atoms with van der Waals surface area (Å²) in [5.74, 6) is 0.0200. The molecule has 0 radical (unpaired) electrons. The van der Waals surface area contributed by atoms with Gasteiger partial charge in [0.05, 0.1) is 12.5 Å². The number of halogens is 3. The molecule has 4 saturated heterocycles. The normalized spacial score (nSPS) is 26.1. The van der Waals surface area contributed by atoms with E-state index in [9.17, 15) is 8.78 Å². The number of hydrogen-bond acceptors (Lipinski definition) is 7. The Morgan fingerprint density at radius 1 is 1.05 bits per heavy atom. The van der Waals surface area contributed by atoms with Gasteiger partial charge in [-0.1, -0.05) is 24.3 Å². The molecule has 2 bridgehead atoms. The first-order chi connectivity index (χ1) is 19.2. The maximum atomic E-state index is 15.8. The van der Waals surface area contributed by atoms with Crippen LogP contribution >= 0.6 is 0 Å². The van der Waals surface area contributed by atoms with Crippen molar-refractivity contribution in [2.75, 3.05) is 38.2 Å². The lowest BCUT2D eigenvalue weighted by atomic mass is 9.92. The highest BCUT2D eigenvalue weighted by atomic mass is 19.1. The van der Waals surface area contributed by atoms with E-state index in [0.29, 0.717) is 47.0 Å². The molecule has 0 spiro atoms. The first kappa shape index (κ1) is 27.2. The molecule has 4 atom stereocenters. The van der Waals surface area contributed by atoms with Crippen molar-refractivity contribution >= 4 is 16.7 Å². The van der Waals surface area contributed by atoms with Crippen LogP contribution in [0, 0.1) is 5.82 Å². The topological polar surface area (TPSA) is 66.4 Å². The minimum atomic E-state index is -1.64. The van der Waals surface area contributed by atoms with E-state index in [2.05, 4.69) is 30.1 Å². The van der Waals surface area contributed by atoms with E-state index in [1.807, 2.05) is 0 Å². The van der Waals surface area contributed by atoms with Crippen molar-refractivity contribution in [3.05, 3.63) is 41.8 Å². The van der Waals surface area contributed by atoms with Crippen LogP contribution in [0.25, 0.3) is 22.2 Å². The molecule has 40 heavy (non-hydrogen) atoms. The Bertz CT molecular complexity index is 1360. The molecule has 0 amide bonds. The molecule has 4 aliphatic rings. The molecule has 10 heteroatoms. The number of anilines is 1. The van der Waals surface area contributed by atoms with Crippen molar-refractivity contribution < 1.29 is 17.9 Å². The van der Waals surface area contributed by atoms with Gasteiger partial charge in [0.2, 0.25) is 0 Å². The van der Waals surface area contributed by atoms with Gasteiger partial charge in [-0.05, 0) is 58.1 Å². The van der Waals surface area contributed by atoms with E-state index in [0.717, 1.165) is 38.9 Å². The molecule has 2 aromatic heterocycles. The Kier molecular flexibility index (Phi) is 7.33. The van der Waals surface area contributed by atoms with Gasteiger partial charge in [0.25, 0.3) is 0 Å². The van der Waals surface area contributed by atoms with Gasteiger partial charge >= 0.3 is 6.01 Å². The molecule has 0 aliphatic carbocycles. The fourth-order valence-electron chi connectivity index (χ4n) is 6.75. The van der Waals surface area contributed by atoms with Gasteiger partial charge in [-0.2, -0.15) is 9.97 Å². The number of hydrogen-bond donors (Lipinski definition) is 1. The van der Waals surface area contributed by atoms with Gasteiger partial charge in [0.15, 0.2) is 5.82 Å². The molecule has 4 unspecified atom stereocenters. The lowest BCUT2D eigenvalue weighted by molar-refractivity contribution is 0.222.